The molecule has 1 N–H and O–H groups in total. The monoisotopic (exact) mass is 281 g/mol. The minimum absolute atomic E-state index is 0.953. The highest BCUT2D eigenvalue weighted by molar-refractivity contribution is 6.02. The van der Waals surface area contributed by atoms with E-state index < -0.39 is 0 Å². The molecule has 1 aliphatic rings. The minimum Gasteiger partial charge on any atom is -0.371 e. The highest BCUT2D eigenvalue weighted by Gasteiger charge is 2.18. The summed E-state index contributed by atoms with van der Waals surface area (Å²) in [5.74, 6) is 0. The molecule has 0 aliphatic carbocycles. The maximum Gasteiger partial charge on any atom is 0.140 e. The third-order valence-corrected chi connectivity index (χ3v) is 4.35. The molecule has 0 atom stereocenters. The highest BCUT2D eigenvalue weighted by atomic mass is 15.3. The number of pyridine rings is 1. The zero-order chi connectivity index (χ0) is 14.2. The summed E-state index contributed by atoms with van der Waals surface area (Å²) >= 11 is 0. The molecule has 0 bridgehead atoms. The molecule has 1 saturated heterocycles. The number of fused-ring (bicyclic) bond motifs is 1. The van der Waals surface area contributed by atoms with Crippen molar-refractivity contribution in [1.29, 1.82) is 0 Å². The van der Waals surface area contributed by atoms with Crippen LogP contribution in [0.4, 0.5) is 5.69 Å². The number of piperidine rings is 1. The summed E-state index contributed by atoms with van der Waals surface area (Å²) in [7, 11) is 1.98. The Morgan fingerprint density at radius 2 is 1.95 bits per heavy atom. The average Bonchev–Trinajstić information content (AvgIpc) is 3.13. The Morgan fingerprint density at radius 3 is 2.71 bits per heavy atom. The first kappa shape index (κ1) is 12.4. The first-order valence-corrected chi connectivity index (χ1v) is 7.54. The Balaban J connectivity index is 1.91. The largest absolute Gasteiger partial charge is 0.371 e. The Morgan fingerprint density at radius 1 is 1.10 bits per heavy atom. The van der Waals surface area contributed by atoms with Gasteiger partial charge < -0.3 is 9.88 Å². The maximum absolute atomic E-state index is 4.49. The first-order valence-electron chi connectivity index (χ1n) is 7.54. The molecule has 0 unspecified atom stereocenters. The van der Waals surface area contributed by atoms with E-state index in [0.29, 0.717) is 0 Å². The number of H-pyrrole nitrogens is 1. The predicted molar refractivity (Wildman–Crippen MR) is 84.4 cm³/mol. The Hall–Kier alpha value is -2.30. The third-order valence-electron chi connectivity index (χ3n) is 4.35. The van der Waals surface area contributed by atoms with E-state index in [1.54, 1.807) is 0 Å². The van der Waals surface area contributed by atoms with Gasteiger partial charge >= 0.3 is 0 Å². The van der Waals surface area contributed by atoms with Gasteiger partial charge in [0.15, 0.2) is 0 Å². The number of nitrogens with zero attached hydrogens (tertiary/aromatic N) is 4. The van der Waals surface area contributed by atoms with E-state index in [1.807, 2.05) is 30.3 Å². The number of aromatic nitrogens is 4. The summed E-state index contributed by atoms with van der Waals surface area (Å²) in [5.41, 5.74) is 4.54. The van der Waals surface area contributed by atoms with Crippen molar-refractivity contribution in [2.45, 2.75) is 19.3 Å². The smallest absolute Gasteiger partial charge is 0.140 e. The van der Waals surface area contributed by atoms with Crippen molar-refractivity contribution in [2.24, 2.45) is 7.05 Å². The molecule has 0 saturated carbocycles. The molecule has 4 rings (SSSR count). The van der Waals surface area contributed by atoms with E-state index in [2.05, 4.69) is 32.1 Å². The Kier molecular flexibility index (Phi) is 2.91. The summed E-state index contributed by atoms with van der Waals surface area (Å²) < 4.78 is 1.91. The molecule has 108 valence electrons. The molecule has 3 aromatic rings. The van der Waals surface area contributed by atoms with Crippen molar-refractivity contribution in [1.82, 2.24) is 19.7 Å². The van der Waals surface area contributed by atoms with Crippen LogP contribution in [0, 0.1) is 0 Å². The van der Waals surface area contributed by atoms with Gasteiger partial charge in [-0.2, -0.15) is 5.10 Å². The van der Waals surface area contributed by atoms with E-state index in [-0.39, 0.29) is 0 Å². The van der Waals surface area contributed by atoms with Crippen LogP contribution in [0.1, 0.15) is 19.3 Å². The summed E-state index contributed by atoms with van der Waals surface area (Å²) in [6.45, 7) is 2.27. The van der Waals surface area contributed by atoms with E-state index >= 15 is 0 Å². The van der Waals surface area contributed by atoms with Gasteiger partial charge in [-0.15, -0.1) is 0 Å². The molecule has 5 heteroatoms. The molecular formula is C16H19N5. The molecule has 1 aliphatic heterocycles. The lowest BCUT2D eigenvalue weighted by Gasteiger charge is -2.29. The fourth-order valence-corrected chi connectivity index (χ4v) is 3.28. The summed E-state index contributed by atoms with van der Waals surface area (Å²) in [6.07, 6.45) is 9.67. The van der Waals surface area contributed by atoms with Crippen LogP contribution >= 0.6 is 0 Å². The van der Waals surface area contributed by atoms with Crippen LogP contribution in [-0.4, -0.2) is 32.8 Å². The second-order valence-electron chi connectivity index (χ2n) is 5.64. The van der Waals surface area contributed by atoms with Crippen molar-refractivity contribution in [3.63, 3.8) is 0 Å². The fourth-order valence-electron chi connectivity index (χ4n) is 3.28. The van der Waals surface area contributed by atoms with Crippen LogP contribution < -0.4 is 4.90 Å². The van der Waals surface area contributed by atoms with E-state index in [4.69, 9.17) is 0 Å². The van der Waals surface area contributed by atoms with E-state index in [0.717, 1.165) is 24.4 Å². The van der Waals surface area contributed by atoms with Crippen LogP contribution in [0.15, 0.2) is 30.7 Å². The van der Waals surface area contributed by atoms with Gasteiger partial charge in [-0.05, 0) is 31.4 Å². The fraction of sp³-hybridized carbons (Fsp3) is 0.375. The Labute approximate surface area is 123 Å². The number of hydrogen-bond donors (Lipinski definition) is 1. The zero-order valence-corrected chi connectivity index (χ0v) is 12.2. The molecule has 3 aromatic heterocycles. The normalized spacial score (nSPS) is 15.8. The number of hydrogen-bond acceptors (Lipinski definition) is 3. The van der Waals surface area contributed by atoms with Crippen LogP contribution in [0.3, 0.4) is 0 Å². The quantitative estimate of drug-likeness (QED) is 0.785. The van der Waals surface area contributed by atoms with Crippen LogP contribution in [0.2, 0.25) is 0 Å². The van der Waals surface area contributed by atoms with Crippen molar-refractivity contribution < 1.29 is 0 Å². The molecule has 0 aromatic carbocycles. The predicted octanol–water partition coefficient (Wildman–Crippen LogP) is 2.95. The lowest BCUT2D eigenvalue weighted by molar-refractivity contribution is 0.579. The highest BCUT2D eigenvalue weighted by Crippen LogP contribution is 2.35. The minimum atomic E-state index is 0.953. The van der Waals surface area contributed by atoms with Crippen LogP contribution in [0.25, 0.3) is 22.3 Å². The molecule has 0 spiro atoms. The van der Waals surface area contributed by atoms with E-state index in [9.17, 15) is 0 Å². The molecule has 0 radical (unpaired) electrons. The van der Waals surface area contributed by atoms with Gasteiger partial charge in [0.1, 0.15) is 5.65 Å². The van der Waals surface area contributed by atoms with Gasteiger partial charge in [0, 0.05) is 50.0 Å². The molecule has 4 heterocycles. The van der Waals surface area contributed by atoms with Gasteiger partial charge in [0.05, 0.1) is 11.1 Å². The third kappa shape index (κ3) is 2.00. The van der Waals surface area contributed by atoms with E-state index in [1.165, 1.54) is 35.9 Å². The van der Waals surface area contributed by atoms with Crippen LogP contribution in [0.5, 0.6) is 0 Å². The zero-order valence-electron chi connectivity index (χ0n) is 12.2. The molecular weight excluding hydrogens is 262 g/mol. The van der Waals surface area contributed by atoms with Gasteiger partial charge in [0.25, 0.3) is 0 Å². The van der Waals surface area contributed by atoms with Gasteiger partial charge in [0.2, 0.25) is 0 Å². The van der Waals surface area contributed by atoms with Crippen molar-refractivity contribution in [3.8, 4) is 11.3 Å². The Bertz CT molecular complexity index is 764. The standard InChI is InChI=1S/C16H19N5/c1-20-13(6-8-19-20)12-11-18-16-15(12)14(5-7-17-16)21-9-3-2-4-10-21/h5-8,11H,2-4,9-10H2,1H3,(H,17,18). The summed E-state index contributed by atoms with van der Waals surface area (Å²) in [6, 6.07) is 4.19. The summed E-state index contributed by atoms with van der Waals surface area (Å²) in [5, 5.41) is 5.50. The number of aryl methyl sites for hydroxylation is 1. The van der Waals surface area contributed by atoms with Crippen molar-refractivity contribution >= 4 is 16.7 Å². The lowest BCUT2D eigenvalue weighted by Crippen LogP contribution is -2.29. The van der Waals surface area contributed by atoms with Gasteiger partial charge in [-0.1, -0.05) is 0 Å². The first-order chi connectivity index (χ1) is 10.3. The number of anilines is 1. The number of aromatic amines is 1. The average molecular weight is 281 g/mol. The maximum atomic E-state index is 4.49. The van der Waals surface area contributed by atoms with Gasteiger partial charge in [-0.3, -0.25) is 4.68 Å². The lowest BCUT2D eigenvalue weighted by atomic mass is 10.1. The molecule has 5 nitrogen and oxygen atoms in total. The number of nitrogens with one attached hydrogen (secondary N) is 1. The van der Waals surface area contributed by atoms with Crippen molar-refractivity contribution in [2.75, 3.05) is 18.0 Å². The topological polar surface area (TPSA) is 49.7 Å². The van der Waals surface area contributed by atoms with Crippen LogP contribution in [-0.2, 0) is 7.05 Å². The van der Waals surface area contributed by atoms with Gasteiger partial charge in [-0.25, -0.2) is 4.98 Å². The summed E-state index contributed by atoms with van der Waals surface area (Å²) in [4.78, 5) is 10.3. The second-order valence-corrected chi connectivity index (χ2v) is 5.64. The SMILES string of the molecule is Cn1nccc1-c1c[nH]c2nccc(N3CCCCC3)c12. The second kappa shape index (κ2) is 4.91. The van der Waals surface area contributed by atoms with Crippen molar-refractivity contribution in [3.05, 3.63) is 30.7 Å². The number of rotatable bonds is 2. The molecule has 1 fully saturated rings. The molecule has 21 heavy (non-hydrogen) atoms. The molecule has 0 amide bonds.